The summed E-state index contributed by atoms with van der Waals surface area (Å²) in [6, 6.07) is 7.10. The number of carbonyl (C=O) groups is 2. The van der Waals surface area contributed by atoms with Crippen LogP contribution in [0.15, 0.2) is 24.3 Å². The van der Waals surface area contributed by atoms with E-state index in [2.05, 4.69) is 15.6 Å². The van der Waals surface area contributed by atoms with E-state index in [0.29, 0.717) is 24.6 Å². The van der Waals surface area contributed by atoms with Crippen LogP contribution in [0.5, 0.6) is 5.75 Å². The molecular weight excluding hydrogens is 364 g/mol. The van der Waals surface area contributed by atoms with E-state index in [-0.39, 0.29) is 17.9 Å². The minimum absolute atomic E-state index is 0.0708. The van der Waals surface area contributed by atoms with Gasteiger partial charge in [-0.15, -0.1) is 0 Å². The molecule has 0 saturated heterocycles. The number of anilines is 2. The van der Waals surface area contributed by atoms with E-state index in [9.17, 15) is 9.59 Å². The van der Waals surface area contributed by atoms with E-state index >= 15 is 0 Å². The molecule has 0 atom stereocenters. The third-order valence-electron chi connectivity index (χ3n) is 5.07. The average molecular weight is 386 g/mol. The number of aromatic nitrogens is 1. The quantitative estimate of drug-likeness (QED) is 0.843. The monoisotopic (exact) mass is 386 g/mol. The van der Waals surface area contributed by atoms with Gasteiger partial charge in [-0.3, -0.25) is 4.79 Å². The summed E-state index contributed by atoms with van der Waals surface area (Å²) in [4.78, 5) is 32.0. The van der Waals surface area contributed by atoms with Crippen LogP contribution in [-0.4, -0.2) is 35.5 Å². The van der Waals surface area contributed by atoms with E-state index in [4.69, 9.17) is 4.74 Å². The average Bonchev–Trinajstić information content (AvgIpc) is 3.02. The smallest absolute Gasteiger partial charge is 0.322 e. The number of hydrogen-bond donors (Lipinski definition) is 2. The molecule has 2 aliphatic rings. The molecule has 0 spiro atoms. The Morgan fingerprint density at radius 3 is 2.67 bits per heavy atom. The zero-order valence-corrected chi connectivity index (χ0v) is 16.0. The Labute approximate surface area is 161 Å². The molecule has 1 saturated carbocycles. The zero-order chi connectivity index (χ0) is 18.8. The number of nitrogens with one attached hydrogen (secondary N) is 2. The summed E-state index contributed by atoms with van der Waals surface area (Å²) in [6.45, 7) is 1.11. The van der Waals surface area contributed by atoms with Gasteiger partial charge in [0.1, 0.15) is 5.75 Å². The number of carbonyl (C=O) groups excluding carboxylic acids is 2. The van der Waals surface area contributed by atoms with Gasteiger partial charge >= 0.3 is 6.03 Å². The van der Waals surface area contributed by atoms with E-state index < -0.39 is 0 Å². The molecule has 2 heterocycles. The van der Waals surface area contributed by atoms with E-state index in [0.717, 1.165) is 41.3 Å². The molecule has 2 N–H and O–H groups in total. The van der Waals surface area contributed by atoms with E-state index in [1.54, 1.807) is 12.0 Å². The molecule has 0 unspecified atom stereocenters. The Kier molecular flexibility index (Phi) is 4.98. The van der Waals surface area contributed by atoms with Gasteiger partial charge < -0.3 is 20.3 Å². The number of rotatable bonds is 4. The van der Waals surface area contributed by atoms with Gasteiger partial charge in [0.05, 0.1) is 19.3 Å². The summed E-state index contributed by atoms with van der Waals surface area (Å²) in [7, 11) is 1.61. The maximum absolute atomic E-state index is 12.6. The molecule has 3 amide bonds. The molecule has 8 heteroatoms. The summed E-state index contributed by atoms with van der Waals surface area (Å²) in [5.41, 5.74) is 1.71. The molecule has 27 heavy (non-hydrogen) atoms. The van der Waals surface area contributed by atoms with Crippen molar-refractivity contribution in [3.63, 3.8) is 0 Å². The first kappa shape index (κ1) is 17.8. The van der Waals surface area contributed by atoms with Gasteiger partial charge in [0.15, 0.2) is 5.13 Å². The second-order valence-electron chi connectivity index (χ2n) is 6.84. The number of nitrogens with zero attached hydrogens (tertiary/aromatic N) is 2. The molecule has 1 fully saturated rings. The Morgan fingerprint density at radius 2 is 2.00 bits per heavy atom. The van der Waals surface area contributed by atoms with Crippen molar-refractivity contribution >= 4 is 34.1 Å². The minimum Gasteiger partial charge on any atom is -0.497 e. The summed E-state index contributed by atoms with van der Waals surface area (Å²) < 4.78 is 5.13. The first-order valence-electron chi connectivity index (χ1n) is 9.12. The number of thiazole rings is 1. The van der Waals surface area contributed by atoms with Crippen molar-refractivity contribution in [1.82, 2.24) is 9.88 Å². The summed E-state index contributed by atoms with van der Waals surface area (Å²) in [6.07, 6.45) is 3.76. The molecule has 1 aliphatic carbocycles. The molecule has 4 rings (SSSR count). The van der Waals surface area contributed by atoms with Crippen LogP contribution in [0.1, 0.15) is 29.8 Å². The Hall–Kier alpha value is -2.61. The van der Waals surface area contributed by atoms with Crippen LogP contribution in [-0.2, 0) is 17.8 Å². The van der Waals surface area contributed by atoms with Crippen molar-refractivity contribution in [2.45, 2.75) is 32.2 Å². The van der Waals surface area contributed by atoms with Crippen molar-refractivity contribution in [2.75, 3.05) is 24.3 Å². The maximum Gasteiger partial charge on any atom is 0.322 e. The maximum atomic E-state index is 12.6. The lowest BCUT2D eigenvalue weighted by atomic mass is 9.85. The molecule has 2 aromatic rings. The largest absolute Gasteiger partial charge is 0.497 e. The number of urea groups is 1. The van der Waals surface area contributed by atoms with Crippen LogP contribution in [0, 0.1) is 5.92 Å². The molecule has 1 aliphatic heterocycles. The number of hydrogen-bond acceptors (Lipinski definition) is 5. The second kappa shape index (κ2) is 7.56. The highest BCUT2D eigenvalue weighted by Crippen LogP contribution is 2.31. The Balaban J connectivity index is 1.37. The molecule has 1 aromatic carbocycles. The van der Waals surface area contributed by atoms with Crippen molar-refractivity contribution in [3.8, 4) is 5.75 Å². The van der Waals surface area contributed by atoms with Crippen LogP contribution in [0.2, 0.25) is 0 Å². The van der Waals surface area contributed by atoms with Gasteiger partial charge in [0.2, 0.25) is 5.91 Å². The Bertz CT molecular complexity index is 845. The predicted octanol–water partition coefficient (Wildman–Crippen LogP) is 3.48. The van der Waals surface area contributed by atoms with Gasteiger partial charge in [0.25, 0.3) is 0 Å². The SMILES string of the molecule is COc1ccc(NC(=O)N2CCc3nc(NC(=O)C4CCC4)sc3C2)cc1. The number of benzene rings is 1. The van der Waals surface area contributed by atoms with Gasteiger partial charge in [-0.2, -0.15) is 0 Å². The predicted molar refractivity (Wildman–Crippen MR) is 104 cm³/mol. The normalized spacial score (nSPS) is 16.3. The highest BCUT2D eigenvalue weighted by Gasteiger charge is 2.28. The summed E-state index contributed by atoms with van der Waals surface area (Å²) in [5, 5.41) is 6.49. The van der Waals surface area contributed by atoms with Crippen LogP contribution in [0.3, 0.4) is 0 Å². The highest BCUT2D eigenvalue weighted by molar-refractivity contribution is 7.15. The van der Waals surface area contributed by atoms with Crippen LogP contribution >= 0.6 is 11.3 Å². The lowest BCUT2D eigenvalue weighted by molar-refractivity contribution is -0.122. The third kappa shape index (κ3) is 3.90. The van der Waals surface area contributed by atoms with Crippen molar-refractivity contribution in [1.29, 1.82) is 0 Å². The zero-order valence-electron chi connectivity index (χ0n) is 15.2. The highest BCUT2D eigenvalue weighted by atomic mass is 32.1. The van der Waals surface area contributed by atoms with Crippen molar-refractivity contribution in [2.24, 2.45) is 5.92 Å². The summed E-state index contributed by atoms with van der Waals surface area (Å²) >= 11 is 1.47. The van der Waals surface area contributed by atoms with Crippen LogP contribution < -0.4 is 15.4 Å². The van der Waals surface area contributed by atoms with Gasteiger partial charge in [0, 0.05) is 29.4 Å². The molecular formula is C19H22N4O3S. The minimum atomic E-state index is -0.140. The number of methoxy groups -OCH3 is 1. The fourth-order valence-corrected chi connectivity index (χ4v) is 4.20. The van der Waals surface area contributed by atoms with Crippen molar-refractivity contribution < 1.29 is 14.3 Å². The first-order valence-corrected chi connectivity index (χ1v) is 9.93. The second-order valence-corrected chi connectivity index (χ2v) is 7.92. The number of ether oxygens (including phenoxy) is 1. The standard InChI is InChI=1S/C19H22N4O3S/c1-26-14-7-5-13(6-8-14)20-19(25)23-10-9-15-16(11-23)27-18(21-15)22-17(24)12-3-2-4-12/h5-8,12H,2-4,9-11H2,1H3,(H,20,25)(H,21,22,24). The van der Waals surface area contributed by atoms with Gasteiger partial charge in [-0.05, 0) is 37.1 Å². The van der Waals surface area contributed by atoms with Crippen molar-refractivity contribution in [3.05, 3.63) is 34.8 Å². The number of amides is 3. The fourth-order valence-electron chi connectivity index (χ4n) is 3.18. The van der Waals surface area contributed by atoms with Crippen LogP contribution in [0.25, 0.3) is 0 Å². The van der Waals surface area contributed by atoms with Gasteiger partial charge in [-0.1, -0.05) is 17.8 Å². The summed E-state index contributed by atoms with van der Waals surface area (Å²) in [5.74, 6) is 0.955. The molecule has 142 valence electrons. The Morgan fingerprint density at radius 1 is 1.22 bits per heavy atom. The molecule has 1 aromatic heterocycles. The van der Waals surface area contributed by atoms with Crippen LogP contribution in [0.4, 0.5) is 15.6 Å². The molecule has 0 bridgehead atoms. The van der Waals surface area contributed by atoms with Gasteiger partial charge in [-0.25, -0.2) is 9.78 Å². The van der Waals surface area contributed by atoms with E-state index in [1.807, 2.05) is 24.3 Å². The third-order valence-corrected chi connectivity index (χ3v) is 6.06. The molecule has 0 radical (unpaired) electrons. The molecule has 7 nitrogen and oxygen atoms in total. The lowest BCUT2D eigenvalue weighted by Crippen LogP contribution is -2.38. The lowest BCUT2D eigenvalue weighted by Gasteiger charge is -2.26. The first-order chi connectivity index (χ1) is 13.1. The van der Waals surface area contributed by atoms with E-state index in [1.165, 1.54) is 11.3 Å². The topological polar surface area (TPSA) is 83.6 Å². The fraction of sp³-hybridized carbons (Fsp3) is 0.421. The number of fused-ring (bicyclic) bond motifs is 1.